The maximum absolute atomic E-state index is 13.6. The lowest BCUT2D eigenvalue weighted by molar-refractivity contribution is -0.123. The van der Waals surface area contributed by atoms with Gasteiger partial charge in [-0.25, -0.2) is 4.39 Å². The fraction of sp³-hybridized carbons (Fsp3) is 0.185. The smallest absolute Gasteiger partial charge is 0.258 e. The van der Waals surface area contributed by atoms with Gasteiger partial charge in [0.15, 0.2) is 17.6 Å². The van der Waals surface area contributed by atoms with Gasteiger partial charge in [-0.05, 0) is 67.4 Å². The number of amides is 2. The zero-order valence-corrected chi connectivity index (χ0v) is 21.2. The van der Waals surface area contributed by atoms with Gasteiger partial charge in [-0.3, -0.25) is 14.2 Å². The van der Waals surface area contributed by atoms with Crippen LogP contribution in [0.15, 0.2) is 78.0 Å². The molecule has 4 aromatic rings. The topological polar surface area (TPSA) is 98.1 Å². The molecule has 0 saturated heterocycles. The minimum Gasteiger partial charge on any atom is -0.484 e. The van der Waals surface area contributed by atoms with Crippen molar-refractivity contribution in [2.24, 2.45) is 0 Å². The standard InChI is InChI=1S/C27H26FN5O3S/c1-18-8-9-19(2)23(14-18)30-26(35)17-37-27-32-31-24(33(27)21-12-10-20(28)11-13-21)15-29-25(34)16-36-22-6-4-3-5-7-22/h3-14H,15-17H2,1-2H3,(H,29,34)(H,30,35). The molecule has 0 aliphatic carbocycles. The Bertz CT molecular complexity index is 1380. The Hall–Kier alpha value is -4.18. The molecule has 0 bridgehead atoms. The molecule has 0 atom stereocenters. The fourth-order valence-electron chi connectivity index (χ4n) is 3.44. The van der Waals surface area contributed by atoms with Gasteiger partial charge in [0.2, 0.25) is 5.91 Å². The molecule has 0 saturated carbocycles. The second-order valence-corrected chi connectivity index (χ2v) is 9.19. The van der Waals surface area contributed by atoms with Crippen molar-refractivity contribution in [1.29, 1.82) is 0 Å². The summed E-state index contributed by atoms with van der Waals surface area (Å²) in [6, 6.07) is 20.7. The SMILES string of the molecule is Cc1ccc(C)c(NC(=O)CSc2nnc(CNC(=O)COc3ccccc3)n2-c2ccc(F)cc2)c1. The van der Waals surface area contributed by atoms with Crippen LogP contribution in [0.5, 0.6) is 5.75 Å². The second-order valence-electron chi connectivity index (χ2n) is 8.24. The first-order valence-corrected chi connectivity index (χ1v) is 12.5. The molecule has 0 fully saturated rings. The number of carbonyl (C=O) groups excluding carboxylic acids is 2. The van der Waals surface area contributed by atoms with Crippen LogP contribution in [0.4, 0.5) is 10.1 Å². The zero-order valence-electron chi connectivity index (χ0n) is 20.4. The first-order chi connectivity index (χ1) is 17.9. The molecule has 0 spiro atoms. The van der Waals surface area contributed by atoms with Crippen molar-refractivity contribution in [2.75, 3.05) is 17.7 Å². The van der Waals surface area contributed by atoms with Crippen LogP contribution in [0, 0.1) is 19.7 Å². The Morgan fingerprint density at radius 3 is 2.49 bits per heavy atom. The number of benzene rings is 3. The summed E-state index contributed by atoms with van der Waals surface area (Å²) in [5.74, 6) is 0.193. The molecule has 2 amide bonds. The number of halogens is 1. The molecule has 0 aliphatic rings. The predicted octanol–water partition coefficient (Wildman–Crippen LogP) is 4.45. The minimum absolute atomic E-state index is 0.0661. The average Bonchev–Trinajstić information content (AvgIpc) is 3.31. The highest BCUT2D eigenvalue weighted by Crippen LogP contribution is 2.23. The molecule has 4 rings (SSSR count). The number of aromatic nitrogens is 3. The van der Waals surface area contributed by atoms with Crippen molar-refractivity contribution < 1.29 is 18.7 Å². The van der Waals surface area contributed by atoms with E-state index in [2.05, 4.69) is 20.8 Å². The van der Waals surface area contributed by atoms with Crippen LogP contribution in [-0.4, -0.2) is 38.9 Å². The third-order valence-electron chi connectivity index (χ3n) is 5.34. The molecule has 3 aromatic carbocycles. The van der Waals surface area contributed by atoms with Gasteiger partial charge in [-0.15, -0.1) is 10.2 Å². The number of nitrogens with zero attached hydrogens (tertiary/aromatic N) is 3. The fourth-order valence-corrected chi connectivity index (χ4v) is 4.21. The summed E-state index contributed by atoms with van der Waals surface area (Å²) in [5, 5.41) is 14.5. The maximum Gasteiger partial charge on any atom is 0.258 e. The molecule has 37 heavy (non-hydrogen) atoms. The highest BCUT2D eigenvalue weighted by molar-refractivity contribution is 7.99. The monoisotopic (exact) mass is 519 g/mol. The van der Waals surface area contributed by atoms with Crippen molar-refractivity contribution in [3.63, 3.8) is 0 Å². The van der Waals surface area contributed by atoms with E-state index in [0.717, 1.165) is 16.8 Å². The summed E-state index contributed by atoms with van der Waals surface area (Å²) in [5.41, 5.74) is 3.37. The summed E-state index contributed by atoms with van der Waals surface area (Å²) in [6.45, 7) is 3.80. The normalized spacial score (nSPS) is 10.7. The Labute approximate surface area is 218 Å². The van der Waals surface area contributed by atoms with Crippen LogP contribution < -0.4 is 15.4 Å². The van der Waals surface area contributed by atoms with Gasteiger partial charge in [0, 0.05) is 11.4 Å². The van der Waals surface area contributed by atoms with E-state index in [1.54, 1.807) is 28.8 Å². The van der Waals surface area contributed by atoms with Gasteiger partial charge in [-0.2, -0.15) is 0 Å². The van der Waals surface area contributed by atoms with Crippen molar-refractivity contribution in [1.82, 2.24) is 20.1 Å². The highest BCUT2D eigenvalue weighted by Gasteiger charge is 2.17. The van der Waals surface area contributed by atoms with E-state index in [4.69, 9.17) is 4.74 Å². The molecule has 0 radical (unpaired) electrons. The van der Waals surface area contributed by atoms with Gasteiger partial charge in [0.1, 0.15) is 11.6 Å². The molecular formula is C27H26FN5O3S. The Kier molecular flexibility index (Phi) is 8.52. The van der Waals surface area contributed by atoms with Gasteiger partial charge in [0.05, 0.1) is 12.3 Å². The van der Waals surface area contributed by atoms with Crippen LogP contribution in [-0.2, 0) is 16.1 Å². The summed E-state index contributed by atoms with van der Waals surface area (Å²) in [4.78, 5) is 25.0. The summed E-state index contributed by atoms with van der Waals surface area (Å²) >= 11 is 1.19. The van der Waals surface area contributed by atoms with Crippen LogP contribution in [0.2, 0.25) is 0 Å². The highest BCUT2D eigenvalue weighted by atomic mass is 32.2. The minimum atomic E-state index is -0.383. The van der Waals surface area contributed by atoms with E-state index >= 15 is 0 Å². The summed E-state index contributed by atoms with van der Waals surface area (Å²) < 4.78 is 20.7. The van der Waals surface area contributed by atoms with Gasteiger partial charge in [-0.1, -0.05) is 42.1 Å². The molecule has 10 heteroatoms. The number of para-hydroxylation sites is 1. The molecule has 0 aliphatic heterocycles. The molecule has 190 valence electrons. The van der Waals surface area contributed by atoms with Crippen molar-refractivity contribution >= 4 is 29.3 Å². The van der Waals surface area contributed by atoms with E-state index in [1.807, 2.05) is 50.2 Å². The van der Waals surface area contributed by atoms with E-state index in [9.17, 15) is 14.0 Å². The number of nitrogens with one attached hydrogen (secondary N) is 2. The maximum atomic E-state index is 13.6. The number of rotatable bonds is 10. The lowest BCUT2D eigenvalue weighted by Gasteiger charge is -2.12. The Morgan fingerprint density at radius 1 is 0.973 bits per heavy atom. The number of aryl methyl sites for hydroxylation is 2. The number of anilines is 1. The number of ether oxygens (including phenoxy) is 1. The second kappa shape index (κ2) is 12.2. The molecule has 8 nitrogen and oxygen atoms in total. The average molecular weight is 520 g/mol. The van der Waals surface area contributed by atoms with Gasteiger partial charge in [0.25, 0.3) is 5.91 Å². The van der Waals surface area contributed by atoms with Crippen LogP contribution in [0.1, 0.15) is 17.0 Å². The lowest BCUT2D eigenvalue weighted by atomic mass is 10.1. The number of hydrogen-bond acceptors (Lipinski definition) is 6. The van der Waals surface area contributed by atoms with E-state index in [1.165, 1.54) is 23.9 Å². The van der Waals surface area contributed by atoms with Gasteiger partial charge < -0.3 is 15.4 Å². The quantitative estimate of drug-likeness (QED) is 0.301. The largest absolute Gasteiger partial charge is 0.484 e. The van der Waals surface area contributed by atoms with Gasteiger partial charge >= 0.3 is 0 Å². The van der Waals surface area contributed by atoms with E-state index in [0.29, 0.717) is 22.4 Å². The first kappa shape index (κ1) is 25.9. The third-order valence-corrected chi connectivity index (χ3v) is 6.27. The third kappa shape index (κ3) is 7.17. The number of hydrogen-bond donors (Lipinski definition) is 2. The number of thioether (sulfide) groups is 1. The molecule has 0 unspecified atom stereocenters. The van der Waals surface area contributed by atoms with E-state index < -0.39 is 0 Å². The van der Waals surface area contributed by atoms with Crippen molar-refractivity contribution in [3.8, 4) is 11.4 Å². The number of carbonyl (C=O) groups is 2. The molecular weight excluding hydrogens is 493 g/mol. The summed E-state index contributed by atoms with van der Waals surface area (Å²) in [6.07, 6.45) is 0. The van der Waals surface area contributed by atoms with Crippen molar-refractivity contribution in [2.45, 2.75) is 25.5 Å². The predicted molar refractivity (Wildman–Crippen MR) is 140 cm³/mol. The lowest BCUT2D eigenvalue weighted by Crippen LogP contribution is -2.29. The first-order valence-electron chi connectivity index (χ1n) is 11.5. The van der Waals surface area contributed by atoms with Crippen LogP contribution in [0.25, 0.3) is 5.69 Å². The zero-order chi connectivity index (χ0) is 26.2. The Morgan fingerprint density at radius 2 is 1.73 bits per heavy atom. The van der Waals surface area contributed by atoms with Crippen molar-refractivity contribution in [3.05, 3.63) is 95.6 Å². The molecule has 2 N–H and O–H groups in total. The van der Waals surface area contributed by atoms with Crippen LogP contribution >= 0.6 is 11.8 Å². The van der Waals surface area contributed by atoms with Crippen LogP contribution in [0.3, 0.4) is 0 Å². The Balaban J connectivity index is 1.43. The van der Waals surface area contributed by atoms with E-state index in [-0.39, 0.29) is 36.5 Å². The molecule has 1 aromatic heterocycles. The summed E-state index contributed by atoms with van der Waals surface area (Å²) in [7, 11) is 0. The molecule has 1 heterocycles.